The molecule has 0 aromatic rings. The lowest BCUT2D eigenvalue weighted by molar-refractivity contribution is 0.109. The topological polar surface area (TPSA) is 18.5 Å². The quantitative estimate of drug-likeness (QED) is 0.800. The minimum Gasteiger partial charge on any atom is -0.309 e. The normalized spacial score (nSPS) is 30.9. The van der Waals surface area contributed by atoms with Crippen molar-refractivity contribution in [1.29, 1.82) is 0 Å². The summed E-state index contributed by atoms with van der Waals surface area (Å²) in [6.07, 6.45) is 3.90. The van der Waals surface area contributed by atoms with E-state index in [9.17, 15) is 0 Å². The second-order valence-electron chi connectivity index (χ2n) is 6.07. The van der Waals surface area contributed by atoms with Crippen LogP contribution in [0.1, 0.15) is 33.1 Å². The zero-order valence-corrected chi connectivity index (χ0v) is 11.8. The molecule has 2 fully saturated rings. The van der Waals surface area contributed by atoms with Gasteiger partial charge in [0.25, 0.3) is 0 Å². The highest BCUT2D eigenvalue weighted by molar-refractivity contribution is 4.93. The molecular weight excluding hydrogens is 210 g/mol. The van der Waals surface area contributed by atoms with Gasteiger partial charge in [0.05, 0.1) is 0 Å². The highest BCUT2D eigenvalue weighted by Gasteiger charge is 2.33. The molecule has 2 aliphatic heterocycles. The first-order chi connectivity index (χ1) is 8.17. The van der Waals surface area contributed by atoms with E-state index in [2.05, 4.69) is 36.0 Å². The third-order valence-electron chi connectivity index (χ3n) is 4.81. The Balaban J connectivity index is 1.85. The predicted octanol–water partition coefficient (Wildman–Crippen LogP) is 1.40. The minimum atomic E-state index is 0.392. The summed E-state index contributed by atoms with van der Waals surface area (Å²) in [5.41, 5.74) is 0.392. The third kappa shape index (κ3) is 3.21. The van der Waals surface area contributed by atoms with Gasteiger partial charge >= 0.3 is 0 Å². The van der Waals surface area contributed by atoms with E-state index in [1.54, 1.807) is 0 Å². The first kappa shape index (κ1) is 13.3. The first-order valence-electron chi connectivity index (χ1n) is 7.33. The van der Waals surface area contributed by atoms with Crippen LogP contribution in [0.4, 0.5) is 0 Å². The van der Waals surface area contributed by atoms with Gasteiger partial charge in [-0.1, -0.05) is 13.8 Å². The molecule has 2 heterocycles. The van der Waals surface area contributed by atoms with Crippen molar-refractivity contribution in [3.8, 4) is 0 Å². The van der Waals surface area contributed by atoms with Gasteiger partial charge in [0.15, 0.2) is 0 Å². The van der Waals surface area contributed by atoms with Gasteiger partial charge in [-0.25, -0.2) is 0 Å². The number of nitrogens with one attached hydrogen (secondary N) is 1. The molecule has 0 radical (unpaired) electrons. The Morgan fingerprint density at radius 3 is 2.59 bits per heavy atom. The number of hydrogen-bond acceptors (Lipinski definition) is 3. The van der Waals surface area contributed by atoms with Gasteiger partial charge in [-0.15, -0.1) is 0 Å². The molecule has 2 aliphatic rings. The standard InChI is InChI=1S/C14H29N3/c1-4-14(5-2)12-17(9-7-15-14)11-13-6-8-16(3)10-13/h13,15H,4-12H2,1-3H3. The molecule has 3 heteroatoms. The molecule has 0 aromatic heterocycles. The molecule has 0 aliphatic carbocycles. The van der Waals surface area contributed by atoms with Gasteiger partial charge in [0, 0.05) is 38.3 Å². The number of piperazine rings is 1. The van der Waals surface area contributed by atoms with Crippen LogP contribution in [-0.4, -0.2) is 61.7 Å². The zero-order chi connectivity index (χ0) is 12.3. The lowest BCUT2D eigenvalue weighted by Crippen LogP contribution is -2.60. The average Bonchev–Trinajstić information content (AvgIpc) is 2.75. The fourth-order valence-electron chi connectivity index (χ4n) is 3.46. The highest BCUT2D eigenvalue weighted by atomic mass is 15.2. The minimum absolute atomic E-state index is 0.392. The van der Waals surface area contributed by atoms with Crippen LogP contribution >= 0.6 is 0 Å². The molecule has 1 atom stereocenters. The number of nitrogens with zero attached hydrogens (tertiary/aromatic N) is 2. The second-order valence-corrected chi connectivity index (χ2v) is 6.07. The van der Waals surface area contributed by atoms with E-state index < -0.39 is 0 Å². The molecule has 17 heavy (non-hydrogen) atoms. The molecule has 0 amide bonds. The summed E-state index contributed by atoms with van der Waals surface area (Å²) >= 11 is 0. The Bertz CT molecular complexity index is 238. The maximum Gasteiger partial charge on any atom is 0.0304 e. The van der Waals surface area contributed by atoms with E-state index in [0.29, 0.717) is 5.54 Å². The Labute approximate surface area is 107 Å². The lowest BCUT2D eigenvalue weighted by atomic mass is 9.89. The van der Waals surface area contributed by atoms with E-state index in [-0.39, 0.29) is 0 Å². The molecule has 0 saturated carbocycles. The fraction of sp³-hybridized carbons (Fsp3) is 1.00. The lowest BCUT2D eigenvalue weighted by Gasteiger charge is -2.43. The van der Waals surface area contributed by atoms with Crippen LogP contribution in [0.2, 0.25) is 0 Å². The summed E-state index contributed by atoms with van der Waals surface area (Å²) in [5, 5.41) is 3.74. The molecule has 100 valence electrons. The maximum atomic E-state index is 3.74. The Kier molecular flexibility index (Phi) is 4.45. The second kappa shape index (κ2) is 5.68. The number of likely N-dealkylation sites (tertiary alicyclic amines) is 1. The van der Waals surface area contributed by atoms with E-state index in [1.165, 1.54) is 58.5 Å². The SMILES string of the molecule is CCC1(CC)CN(CC2CCN(C)C2)CCN1. The van der Waals surface area contributed by atoms with E-state index in [1.807, 2.05) is 0 Å². The van der Waals surface area contributed by atoms with Crippen LogP contribution < -0.4 is 5.32 Å². The predicted molar refractivity (Wildman–Crippen MR) is 73.4 cm³/mol. The van der Waals surface area contributed by atoms with Crippen molar-refractivity contribution in [3.63, 3.8) is 0 Å². The van der Waals surface area contributed by atoms with Gasteiger partial charge in [-0.2, -0.15) is 0 Å². The first-order valence-corrected chi connectivity index (χ1v) is 7.33. The average molecular weight is 239 g/mol. The molecular formula is C14H29N3. The monoisotopic (exact) mass is 239 g/mol. The van der Waals surface area contributed by atoms with Crippen molar-refractivity contribution in [2.45, 2.75) is 38.6 Å². The van der Waals surface area contributed by atoms with Crippen molar-refractivity contribution < 1.29 is 0 Å². The van der Waals surface area contributed by atoms with Crippen LogP contribution in [0, 0.1) is 5.92 Å². The summed E-state index contributed by atoms with van der Waals surface area (Å²) in [5.74, 6) is 0.907. The van der Waals surface area contributed by atoms with Crippen LogP contribution in [0.3, 0.4) is 0 Å². The molecule has 2 rings (SSSR count). The number of hydrogen-bond donors (Lipinski definition) is 1. The van der Waals surface area contributed by atoms with Gasteiger partial charge in [-0.05, 0) is 38.8 Å². The molecule has 0 bridgehead atoms. The summed E-state index contributed by atoms with van der Waals surface area (Å²) in [4.78, 5) is 5.17. The van der Waals surface area contributed by atoms with Crippen LogP contribution in [-0.2, 0) is 0 Å². The fourth-order valence-corrected chi connectivity index (χ4v) is 3.46. The van der Waals surface area contributed by atoms with E-state index >= 15 is 0 Å². The summed E-state index contributed by atoms with van der Waals surface area (Å²) in [7, 11) is 2.25. The largest absolute Gasteiger partial charge is 0.309 e. The van der Waals surface area contributed by atoms with Crippen molar-refractivity contribution in [1.82, 2.24) is 15.1 Å². The Hall–Kier alpha value is -0.120. The number of rotatable bonds is 4. The molecule has 3 nitrogen and oxygen atoms in total. The van der Waals surface area contributed by atoms with Crippen LogP contribution in [0.15, 0.2) is 0 Å². The third-order valence-corrected chi connectivity index (χ3v) is 4.81. The summed E-state index contributed by atoms with van der Waals surface area (Å²) in [6.45, 7) is 12.2. The van der Waals surface area contributed by atoms with E-state index in [4.69, 9.17) is 0 Å². The Morgan fingerprint density at radius 2 is 2.00 bits per heavy atom. The van der Waals surface area contributed by atoms with Crippen LogP contribution in [0.5, 0.6) is 0 Å². The summed E-state index contributed by atoms with van der Waals surface area (Å²) < 4.78 is 0. The van der Waals surface area contributed by atoms with Crippen LogP contribution in [0.25, 0.3) is 0 Å². The zero-order valence-electron chi connectivity index (χ0n) is 11.8. The smallest absolute Gasteiger partial charge is 0.0304 e. The van der Waals surface area contributed by atoms with Gasteiger partial charge < -0.3 is 10.2 Å². The van der Waals surface area contributed by atoms with Gasteiger partial charge in [-0.3, -0.25) is 4.90 Å². The molecule has 1 N–H and O–H groups in total. The van der Waals surface area contributed by atoms with Gasteiger partial charge in [0.2, 0.25) is 0 Å². The summed E-state index contributed by atoms with van der Waals surface area (Å²) in [6, 6.07) is 0. The molecule has 2 saturated heterocycles. The highest BCUT2D eigenvalue weighted by Crippen LogP contribution is 2.22. The molecule has 0 aromatic carbocycles. The van der Waals surface area contributed by atoms with Crippen molar-refractivity contribution in [2.75, 3.05) is 46.3 Å². The van der Waals surface area contributed by atoms with E-state index in [0.717, 1.165) is 5.92 Å². The van der Waals surface area contributed by atoms with Gasteiger partial charge in [0.1, 0.15) is 0 Å². The molecule has 1 unspecified atom stereocenters. The molecule has 0 spiro atoms. The van der Waals surface area contributed by atoms with Crippen molar-refractivity contribution in [2.24, 2.45) is 5.92 Å². The van der Waals surface area contributed by atoms with Crippen molar-refractivity contribution in [3.05, 3.63) is 0 Å². The maximum absolute atomic E-state index is 3.74. The van der Waals surface area contributed by atoms with Crippen molar-refractivity contribution >= 4 is 0 Å². The Morgan fingerprint density at radius 1 is 1.24 bits per heavy atom.